The molecular weight excluding hydrogens is 396 g/mol. The number of sulfone groups is 1. The fourth-order valence-electron chi connectivity index (χ4n) is 3.88. The minimum atomic E-state index is -3.48. The molecule has 29 heavy (non-hydrogen) atoms. The summed E-state index contributed by atoms with van der Waals surface area (Å²) in [6.07, 6.45) is 2.82. The van der Waals surface area contributed by atoms with Gasteiger partial charge >= 0.3 is 0 Å². The van der Waals surface area contributed by atoms with Gasteiger partial charge in [0, 0.05) is 24.1 Å². The largest absolute Gasteiger partial charge is 0.356 e. The van der Waals surface area contributed by atoms with Crippen molar-refractivity contribution in [1.82, 2.24) is 5.32 Å². The third-order valence-corrected chi connectivity index (χ3v) is 7.38. The summed E-state index contributed by atoms with van der Waals surface area (Å²) in [5.74, 6) is -1.26. The van der Waals surface area contributed by atoms with E-state index in [0.717, 1.165) is 6.07 Å². The van der Waals surface area contributed by atoms with Gasteiger partial charge in [-0.25, -0.2) is 17.2 Å². The Morgan fingerprint density at radius 3 is 2.28 bits per heavy atom. The van der Waals surface area contributed by atoms with Crippen molar-refractivity contribution in [3.63, 3.8) is 0 Å². The normalized spacial score (nSPS) is 19.7. The van der Waals surface area contributed by atoms with Crippen LogP contribution in [-0.4, -0.2) is 26.6 Å². The van der Waals surface area contributed by atoms with Gasteiger partial charge in [0.15, 0.2) is 9.84 Å². The first kappa shape index (κ1) is 21.4. The molecule has 1 aliphatic carbocycles. The van der Waals surface area contributed by atoms with E-state index >= 15 is 0 Å². The molecule has 2 aromatic carbocycles. The molecule has 2 aromatic rings. The van der Waals surface area contributed by atoms with E-state index in [4.69, 9.17) is 0 Å². The molecule has 0 saturated heterocycles. The number of hydrogen-bond donors (Lipinski definition) is 1. The number of halogens is 2. The summed E-state index contributed by atoms with van der Waals surface area (Å²) < 4.78 is 52.6. The number of benzene rings is 2. The SMILES string of the molecule is CCNC(=O)C1CCC(CS(=O)(=O)c2ccc(-c3ccc(F)cc3F)cc2)CC1. The van der Waals surface area contributed by atoms with E-state index in [1.165, 1.54) is 36.4 Å². The molecule has 0 bridgehead atoms. The lowest BCUT2D eigenvalue weighted by molar-refractivity contribution is -0.126. The molecule has 7 heteroatoms. The highest BCUT2D eigenvalue weighted by Crippen LogP contribution is 2.32. The van der Waals surface area contributed by atoms with Crippen LogP contribution >= 0.6 is 0 Å². The molecule has 1 aliphatic rings. The zero-order valence-corrected chi connectivity index (χ0v) is 17.1. The Hall–Kier alpha value is -2.28. The number of carbonyl (C=O) groups is 1. The summed E-state index contributed by atoms with van der Waals surface area (Å²) in [7, 11) is -3.48. The molecule has 1 N–H and O–H groups in total. The van der Waals surface area contributed by atoms with E-state index in [1.54, 1.807) is 0 Å². The van der Waals surface area contributed by atoms with Crippen LogP contribution in [-0.2, 0) is 14.6 Å². The zero-order chi connectivity index (χ0) is 21.0. The maximum atomic E-state index is 13.9. The second kappa shape index (κ2) is 9.03. The quantitative estimate of drug-likeness (QED) is 0.754. The molecule has 0 heterocycles. The Morgan fingerprint density at radius 1 is 1.03 bits per heavy atom. The van der Waals surface area contributed by atoms with Crippen molar-refractivity contribution in [3.8, 4) is 11.1 Å². The number of hydrogen-bond acceptors (Lipinski definition) is 3. The Labute approximate surface area is 170 Å². The van der Waals surface area contributed by atoms with Gasteiger partial charge < -0.3 is 5.32 Å². The molecule has 4 nitrogen and oxygen atoms in total. The molecular formula is C22H25F2NO3S. The Morgan fingerprint density at radius 2 is 1.69 bits per heavy atom. The van der Waals surface area contributed by atoms with Gasteiger partial charge in [-0.15, -0.1) is 0 Å². The Kier molecular flexibility index (Phi) is 6.67. The van der Waals surface area contributed by atoms with Crippen LogP contribution in [0.3, 0.4) is 0 Å². The summed E-state index contributed by atoms with van der Waals surface area (Å²) in [5.41, 5.74) is 0.711. The number of rotatable bonds is 6. The second-order valence-corrected chi connectivity index (χ2v) is 9.58. The van der Waals surface area contributed by atoms with Crippen LogP contribution in [0.4, 0.5) is 8.78 Å². The summed E-state index contributed by atoms with van der Waals surface area (Å²) in [6.45, 7) is 2.48. The van der Waals surface area contributed by atoms with Gasteiger partial charge in [0.25, 0.3) is 0 Å². The Bertz CT molecular complexity index is 966. The van der Waals surface area contributed by atoms with Crippen molar-refractivity contribution >= 4 is 15.7 Å². The first-order valence-electron chi connectivity index (χ1n) is 9.86. The maximum Gasteiger partial charge on any atom is 0.223 e. The lowest BCUT2D eigenvalue weighted by Crippen LogP contribution is -2.34. The molecule has 0 unspecified atom stereocenters. The molecule has 1 saturated carbocycles. The van der Waals surface area contributed by atoms with Crippen molar-refractivity contribution < 1.29 is 22.0 Å². The third kappa shape index (κ3) is 5.21. The maximum absolute atomic E-state index is 13.9. The van der Waals surface area contributed by atoms with Crippen molar-refractivity contribution in [1.29, 1.82) is 0 Å². The van der Waals surface area contributed by atoms with Crippen molar-refractivity contribution in [2.24, 2.45) is 11.8 Å². The van der Waals surface area contributed by atoms with Crippen LogP contribution in [0.15, 0.2) is 47.4 Å². The summed E-state index contributed by atoms with van der Waals surface area (Å²) >= 11 is 0. The predicted molar refractivity (Wildman–Crippen MR) is 108 cm³/mol. The van der Waals surface area contributed by atoms with Gasteiger partial charge in [0.2, 0.25) is 5.91 Å². The summed E-state index contributed by atoms with van der Waals surface area (Å²) in [4.78, 5) is 12.1. The minimum absolute atomic E-state index is 0.0277. The van der Waals surface area contributed by atoms with Gasteiger partial charge in [0.05, 0.1) is 10.6 Å². The van der Waals surface area contributed by atoms with Crippen LogP contribution in [0, 0.1) is 23.5 Å². The zero-order valence-electron chi connectivity index (χ0n) is 16.3. The lowest BCUT2D eigenvalue weighted by atomic mass is 9.82. The van der Waals surface area contributed by atoms with E-state index in [1.807, 2.05) is 6.92 Å². The van der Waals surface area contributed by atoms with Crippen molar-refractivity contribution in [2.75, 3.05) is 12.3 Å². The van der Waals surface area contributed by atoms with Crippen LogP contribution in [0.25, 0.3) is 11.1 Å². The minimum Gasteiger partial charge on any atom is -0.356 e. The standard InChI is InChI=1S/C22H25F2NO3S/c1-2-25-22(26)17-5-3-15(4-6-17)14-29(27,28)19-10-7-16(8-11-19)20-12-9-18(23)13-21(20)24/h7-13,15,17H,2-6,14H2,1H3,(H,25,26). The van der Waals surface area contributed by atoms with Crippen LogP contribution in [0.5, 0.6) is 0 Å². The third-order valence-electron chi connectivity index (χ3n) is 5.48. The molecule has 0 spiro atoms. The van der Waals surface area contributed by atoms with E-state index in [-0.39, 0.29) is 34.0 Å². The van der Waals surface area contributed by atoms with E-state index in [2.05, 4.69) is 5.32 Å². The van der Waals surface area contributed by atoms with Gasteiger partial charge in [-0.3, -0.25) is 4.79 Å². The molecule has 0 radical (unpaired) electrons. The van der Waals surface area contributed by atoms with Crippen molar-refractivity contribution in [2.45, 2.75) is 37.5 Å². The van der Waals surface area contributed by atoms with Gasteiger partial charge in [-0.05, 0) is 68.4 Å². The fraction of sp³-hybridized carbons (Fsp3) is 0.409. The average Bonchev–Trinajstić information content (AvgIpc) is 2.68. The van der Waals surface area contributed by atoms with E-state index in [0.29, 0.717) is 37.8 Å². The highest BCUT2D eigenvalue weighted by molar-refractivity contribution is 7.91. The molecule has 0 aromatic heterocycles. The monoisotopic (exact) mass is 421 g/mol. The highest BCUT2D eigenvalue weighted by Gasteiger charge is 2.29. The number of amides is 1. The van der Waals surface area contributed by atoms with Gasteiger partial charge in [0.1, 0.15) is 11.6 Å². The number of nitrogens with one attached hydrogen (secondary N) is 1. The number of carbonyl (C=O) groups excluding carboxylic acids is 1. The molecule has 1 fully saturated rings. The Balaban J connectivity index is 1.65. The van der Waals surface area contributed by atoms with Gasteiger partial charge in [-0.2, -0.15) is 0 Å². The fourth-order valence-corrected chi connectivity index (χ4v) is 5.58. The van der Waals surface area contributed by atoms with Crippen LogP contribution in [0.1, 0.15) is 32.6 Å². The molecule has 0 atom stereocenters. The molecule has 1 amide bonds. The highest BCUT2D eigenvalue weighted by atomic mass is 32.2. The van der Waals surface area contributed by atoms with E-state index in [9.17, 15) is 22.0 Å². The summed E-state index contributed by atoms with van der Waals surface area (Å²) in [6, 6.07) is 9.31. The predicted octanol–water partition coefficient (Wildman–Crippen LogP) is 4.35. The first-order valence-corrected chi connectivity index (χ1v) is 11.5. The average molecular weight is 422 g/mol. The smallest absolute Gasteiger partial charge is 0.223 e. The van der Waals surface area contributed by atoms with E-state index < -0.39 is 21.5 Å². The van der Waals surface area contributed by atoms with Crippen LogP contribution < -0.4 is 5.32 Å². The lowest BCUT2D eigenvalue weighted by Gasteiger charge is -2.27. The first-order chi connectivity index (χ1) is 13.8. The van der Waals surface area contributed by atoms with Crippen molar-refractivity contribution in [3.05, 3.63) is 54.1 Å². The topological polar surface area (TPSA) is 63.2 Å². The molecule has 0 aliphatic heterocycles. The van der Waals surface area contributed by atoms with Crippen LogP contribution in [0.2, 0.25) is 0 Å². The molecule has 3 rings (SSSR count). The van der Waals surface area contributed by atoms with Gasteiger partial charge in [-0.1, -0.05) is 12.1 Å². The summed E-state index contributed by atoms with van der Waals surface area (Å²) in [5, 5.41) is 2.83. The molecule has 156 valence electrons. The second-order valence-electron chi connectivity index (χ2n) is 7.54.